The Morgan fingerprint density at radius 2 is 1.90 bits per heavy atom. The van der Waals surface area contributed by atoms with E-state index in [0.29, 0.717) is 0 Å². The molecule has 7 rings (SSSR count). The van der Waals surface area contributed by atoms with Gasteiger partial charge in [0.15, 0.2) is 0 Å². The molecule has 202 valence electrons. The highest BCUT2D eigenvalue weighted by Gasteiger charge is 2.74. The SMILES string of the molecule is Cc1cc2c(cnn2-c2ccc(F)cc2)cc1[C@]12CN(S(=O)(=O)c3cnn(C)n3)C[C@H]1[C@@H]2C(=O)NC1CCC1. The molecule has 3 atom stereocenters. The summed E-state index contributed by atoms with van der Waals surface area (Å²) >= 11 is 0. The lowest BCUT2D eigenvalue weighted by molar-refractivity contribution is -0.124. The van der Waals surface area contributed by atoms with Gasteiger partial charge in [-0.15, -0.1) is 5.10 Å². The second-order valence-corrected chi connectivity index (χ2v) is 12.9. The second kappa shape index (κ2) is 8.43. The van der Waals surface area contributed by atoms with Crippen molar-refractivity contribution in [3.05, 3.63) is 65.7 Å². The number of amides is 1. The Morgan fingerprint density at radius 1 is 1.13 bits per heavy atom. The minimum absolute atomic E-state index is 0.00255. The summed E-state index contributed by atoms with van der Waals surface area (Å²) in [5, 5.41) is 16.5. The lowest BCUT2D eigenvalue weighted by Crippen LogP contribution is -2.44. The summed E-state index contributed by atoms with van der Waals surface area (Å²) in [6.07, 6.45) is 6.09. The maximum atomic E-state index is 13.5. The molecular formula is C27H28FN7O3S. The van der Waals surface area contributed by atoms with Crippen LogP contribution in [-0.4, -0.2) is 62.5 Å². The van der Waals surface area contributed by atoms with E-state index in [1.54, 1.807) is 30.1 Å². The van der Waals surface area contributed by atoms with Gasteiger partial charge in [-0.05, 0) is 79.6 Å². The molecule has 3 aliphatic rings. The van der Waals surface area contributed by atoms with Crippen LogP contribution in [0.4, 0.5) is 4.39 Å². The van der Waals surface area contributed by atoms with E-state index in [1.807, 2.05) is 19.1 Å². The predicted octanol–water partition coefficient (Wildman–Crippen LogP) is 2.46. The van der Waals surface area contributed by atoms with Crippen LogP contribution in [0, 0.1) is 24.6 Å². The molecule has 2 saturated carbocycles. The van der Waals surface area contributed by atoms with E-state index in [9.17, 15) is 17.6 Å². The van der Waals surface area contributed by atoms with Gasteiger partial charge in [-0.2, -0.15) is 19.3 Å². The first-order valence-electron chi connectivity index (χ1n) is 13.1. The van der Waals surface area contributed by atoms with Crippen molar-refractivity contribution in [1.29, 1.82) is 0 Å². The summed E-state index contributed by atoms with van der Waals surface area (Å²) in [6, 6.07) is 10.4. The third kappa shape index (κ3) is 3.64. The van der Waals surface area contributed by atoms with Gasteiger partial charge < -0.3 is 5.32 Å². The summed E-state index contributed by atoms with van der Waals surface area (Å²) in [7, 11) is -2.29. The van der Waals surface area contributed by atoms with Crippen molar-refractivity contribution < 1.29 is 17.6 Å². The molecule has 10 nitrogen and oxygen atoms in total. The second-order valence-electron chi connectivity index (χ2n) is 11.0. The molecule has 0 unspecified atom stereocenters. The highest BCUT2D eigenvalue weighted by atomic mass is 32.2. The van der Waals surface area contributed by atoms with Crippen molar-refractivity contribution in [3.63, 3.8) is 0 Å². The number of aryl methyl sites for hydroxylation is 2. The van der Waals surface area contributed by atoms with Crippen LogP contribution in [0.15, 0.2) is 53.8 Å². The van der Waals surface area contributed by atoms with Gasteiger partial charge in [0.2, 0.25) is 10.9 Å². The number of rotatable bonds is 6. The molecule has 0 radical (unpaired) electrons. The Morgan fingerprint density at radius 3 is 2.56 bits per heavy atom. The van der Waals surface area contributed by atoms with E-state index in [0.717, 1.165) is 47.0 Å². The first kappa shape index (κ1) is 24.4. The van der Waals surface area contributed by atoms with Gasteiger partial charge in [0.05, 0.1) is 29.5 Å². The summed E-state index contributed by atoms with van der Waals surface area (Å²) in [5.41, 5.74) is 2.87. The molecular weight excluding hydrogens is 521 g/mol. The van der Waals surface area contributed by atoms with E-state index in [-0.39, 0.29) is 47.7 Å². The zero-order valence-corrected chi connectivity index (χ0v) is 22.4. The number of aromatic nitrogens is 5. The Kier molecular flexibility index (Phi) is 5.27. The zero-order chi connectivity index (χ0) is 27.1. The molecule has 3 fully saturated rings. The molecule has 1 N–H and O–H groups in total. The highest BCUT2D eigenvalue weighted by Crippen LogP contribution is 2.65. The molecule has 3 heterocycles. The van der Waals surface area contributed by atoms with E-state index < -0.39 is 15.4 Å². The molecule has 0 spiro atoms. The minimum Gasteiger partial charge on any atom is -0.353 e. The number of piperidine rings is 1. The molecule has 39 heavy (non-hydrogen) atoms. The maximum Gasteiger partial charge on any atom is 0.264 e. The van der Waals surface area contributed by atoms with Crippen LogP contribution >= 0.6 is 0 Å². The Labute approximate surface area is 224 Å². The molecule has 1 amide bonds. The van der Waals surface area contributed by atoms with E-state index >= 15 is 0 Å². The van der Waals surface area contributed by atoms with Gasteiger partial charge in [-0.25, -0.2) is 17.5 Å². The number of fused-ring (bicyclic) bond motifs is 2. The van der Waals surface area contributed by atoms with Crippen LogP contribution < -0.4 is 5.32 Å². The van der Waals surface area contributed by atoms with Crippen LogP contribution in [0.3, 0.4) is 0 Å². The van der Waals surface area contributed by atoms with Crippen molar-refractivity contribution >= 4 is 26.8 Å². The topological polar surface area (TPSA) is 115 Å². The van der Waals surface area contributed by atoms with Crippen molar-refractivity contribution in [2.24, 2.45) is 18.9 Å². The number of halogens is 1. The largest absolute Gasteiger partial charge is 0.353 e. The summed E-state index contributed by atoms with van der Waals surface area (Å²) in [5.74, 6) is -0.772. The fourth-order valence-corrected chi connectivity index (χ4v) is 7.93. The van der Waals surface area contributed by atoms with E-state index in [2.05, 4.69) is 20.6 Å². The van der Waals surface area contributed by atoms with Crippen molar-refractivity contribution in [3.8, 4) is 5.69 Å². The quantitative estimate of drug-likeness (QED) is 0.395. The first-order valence-corrected chi connectivity index (χ1v) is 14.5. The standard InChI is InChI=1S/C27H28FN7O3S/c1-16-10-23-17(12-30-35(23)20-8-6-18(28)7-9-20)11-21(16)27-15-34(39(37,38)24-13-29-33(2)32-24)14-22(27)25(27)26(36)31-19-4-3-5-19/h6-13,19,22,25H,3-5,14-15H2,1-2H3,(H,31,36)/t22-,25+,27+/m0/s1. The van der Waals surface area contributed by atoms with E-state index in [4.69, 9.17) is 0 Å². The van der Waals surface area contributed by atoms with Crippen LogP contribution in [0.2, 0.25) is 0 Å². The van der Waals surface area contributed by atoms with Gasteiger partial charge in [-0.1, -0.05) is 0 Å². The zero-order valence-electron chi connectivity index (χ0n) is 21.6. The normalized spacial score (nSPS) is 25.0. The van der Waals surface area contributed by atoms with E-state index in [1.165, 1.54) is 27.4 Å². The first-order chi connectivity index (χ1) is 18.7. The van der Waals surface area contributed by atoms with Gasteiger partial charge in [0.1, 0.15) is 5.82 Å². The number of carbonyl (C=O) groups is 1. The van der Waals surface area contributed by atoms with Gasteiger partial charge >= 0.3 is 0 Å². The molecule has 0 bridgehead atoms. The molecule has 12 heteroatoms. The highest BCUT2D eigenvalue weighted by molar-refractivity contribution is 7.89. The van der Waals surface area contributed by atoms with Crippen LogP contribution in [0.1, 0.15) is 30.4 Å². The fourth-order valence-electron chi connectivity index (χ4n) is 6.52. The van der Waals surface area contributed by atoms with Crippen LogP contribution in [-0.2, 0) is 27.3 Å². The minimum atomic E-state index is -3.86. The third-order valence-electron chi connectivity index (χ3n) is 8.75. The Balaban J connectivity index is 1.28. The van der Waals surface area contributed by atoms with Gasteiger partial charge in [0, 0.05) is 37.0 Å². The predicted molar refractivity (Wildman–Crippen MR) is 140 cm³/mol. The number of carbonyl (C=O) groups excluding carboxylic acids is 1. The van der Waals surface area contributed by atoms with Crippen molar-refractivity contribution in [2.45, 2.75) is 42.7 Å². The molecule has 2 aromatic heterocycles. The molecule has 2 aromatic carbocycles. The number of nitrogens with one attached hydrogen (secondary N) is 1. The molecule has 1 saturated heterocycles. The average molecular weight is 550 g/mol. The van der Waals surface area contributed by atoms with Crippen molar-refractivity contribution in [1.82, 2.24) is 34.4 Å². The number of sulfonamides is 1. The average Bonchev–Trinajstić information content (AvgIpc) is 3.31. The summed E-state index contributed by atoms with van der Waals surface area (Å²) in [6.45, 7) is 2.42. The Hall–Kier alpha value is -3.64. The number of benzene rings is 2. The molecule has 4 aromatic rings. The van der Waals surface area contributed by atoms with Gasteiger partial charge in [0.25, 0.3) is 10.0 Å². The summed E-state index contributed by atoms with van der Waals surface area (Å²) in [4.78, 5) is 14.7. The number of nitrogens with zero attached hydrogens (tertiary/aromatic N) is 6. The third-order valence-corrected chi connectivity index (χ3v) is 10.4. The lowest BCUT2D eigenvalue weighted by Gasteiger charge is -2.28. The van der Waals surface area contributed by atoms with Crippen molar-refractivity contribution in [2.75, 3.05) is 13.1 Å². The number of hydrogen-bond donors (Lipinski definition) is 1. The van der Waals surface area contributed by atoms with Crippen LogP contribution in [0.5, 0.6) is 0 Å². The molecule has 2 aliphatic carbocycles. The van der Waals surface area contributed by atoms with Crippen LogP contribution in [0.25, 0.3) is 16.6 Å². The monoisotopic (exact) mass is 549 g/mol. The Bertz CT molecular complexity index is 1730. The smallest absolute Gasteiger partial charge is 0.264 e. The van der Waals surface area contributed by atoms with Gasteiger partial charge in [-0.3, -0.25) is 4.79 Å². The maximum absolute atomic E-state index is 13.5. The fraction of sp³-hybridized carbons (Fsp3) is 0.407. The summed E-state index contributed by atoms with van der Waals surface area (Å²) < 4.78 is 43.6. The lowest BCUT2D eigenvalue weighted by atomic mass is 9.87. The number of hydrogen-bond acceptors (Lipinski definition) is 6. The molecule has 1 aliphatic heterocycles.